The number of benzene rings is 3. The van der Waals surface area contributed by atoms with Gasteiger partial charge in [-0.1, -0.05) is 18.2 Å². The van der Waals surface area contributed by atoms with Crippen LogP contribution in [-0.4, -0.2) is 40.0 Å². The zero-order valence-corrected chi connectivity index (χ0v) is 20.9. The number of aromatic nitrogens is 1. The standard InChI is InChI=1S/C26H21F3N4O5S/c27-26(28,29)38-20-11-7-18(8-12-20)31-24(34)16-39-23-15-32(22-4-2-1-3-21(22)23)14-13-30-25(35)17-5-9-19(10-6-17)33(36)37/h1-12,15H,13-14,16H2,(H,30,35)(H,31,34). The van der Waals surface area contributed by atoms with Crippen LogP contribution in [0.3, 0.4) is 0 Å². The summed E-state index contributed by atoms with van der Waals surface area (Å²) in [7, 11) is 0. The van der Waals surface area contributed by atoms with Crippen LogP contribution >= 0.6 is 11.8 Å². The number of para-hydroxylation sites is 1. The Morgan fingerprint density at radius 3 is 2.36 bits per heavy atom. The Labute approximate surface area is 224 Å². The van der Waals surface area contributed by atoms with E-state index in [4.69, 9.17) is 0 Å². The first kappa shape index (κ1) is 27.5. The second-order valence-electron chi connectivity index (χ2n) is 8.17. The first-order chi connectivity index (χ1) is 18.6. The average molecular weight is 559 g/mol. The molecule has 1 heterocycles. The summed E-state index contributed by atoms with van der Waals surface area (Å²) in [6.07, 6.45) is -2.91. The average Bonchev–Trinajstić information content (AvgIpc) is 3.25. The van der Waals surface area contributed by atoms with Crippen molar-refractivity contribution in [1.29, 1.82) is 0 Å². The third kappa shape index (κ3) is 7.51. The summed E-state index contributed by atoms with van der Waals surface area (Å²) >= 11 is 1.30. The van der Waals surface area contributed by atoms with E-state index in [0.29, 0.717) is 24.3 Å². The number of thioether (sulfide) groups is 1. The van der Waals surface area contributed by atoms with E-state index in [9.17, 15) is 32.9 Å². The fourth-order valence-corrected chi connectivity index (χ4v) is 4.61. The molecule has 9 nitrogen and oxygen atoms in total. The molecular weight excluding hydrogens is 537 g/mol. The molecule has 4 rings (SSSR count). The van der Waals surface area contributed by atoms with Crippen molar-refractivity contribution in [2.45, 2.75) is 17.8 Å². The lowest BCUT2D eigenvalue weighted by molar-refractivity contribution is -0.384. The lowest BCUT2D eigenvalue weighted by Crippen LogP contribution is -2.27. The smallest absolute Gasteiger partial charge is 0.406 e. The van der Waals surface area contributed by atoms with Crippen LogP contribution in [-0.2, 0) is 11.3 Å². The van der Waals surface area contributed by atoms with E-state index in [1.807, 2.05) is 35.0 Å². The zero-order valence-electron chi connectivity index (χ0n) is 20.1. The third-order valence-electron chi connectivity index (χ3n) is 5.46. The molecule has 4 aromatic rings. The number of hydrogen-bond donors (Lipinski definition) is 2. The number of nitro benzene ring substituents is 1. The van der Waals surface area contributed by atoms with Crippen LogP contribution in [0.4, 0.5) is 24.5 Å². The van der Waals surface area contributed by atoms with Gasteiger partial charge in [0.05, 0.1) is 10.7 Å². The molecular formula is C26H21F3N4O5S. The van der Waals surface area contributed by atoms with Gasteiger partial charge >= 0.3 is 6.36 Å². The minimum Gasteiger partial charge on any atom is -0.406 e. The maximum atomic E-state index is 12.4. The molecule has 0 aliphatic carbocycles. The predicted molar refractivity (Wildman–Crippen MR) is 140 cm³/mol. The lowest BCUT2D eigenvalue weighted by Gasteiger charge is -2.10. The van der Waals surface area contributed by atoms with Crippen LogP contribution in [0.2, 0.25) is 0 Å². The number of hydrogen-bond acceptors (Lipinski definition) is 6. The normalized spacial score (nSPS) is 11.3. The van der Waals surface area contributed by atoms with Crippen molar-refractivity contribution in [3.05, 3.63) is 94.7 Å². The van der Waals surface area contributed by atoms with Crippen LogP contribution < -0.4 is 15.4 Å². The van der Waals surface area contributed by atoms with Crippen LogP contribution in [0.1, 0.15) is 10.4 Å². The number of anilines is 1. The molecule has 1 aromatic heterocycles. The van der Waals surface area contributed by atoms with Gasteiger partial charge in [0.2, 0.25) is 5.91 Å². The second-order valence-corrected chi connectivity index (χ2v) is 9.19. The third-order valence-corrected chi connectivity index (χ3v) is 6.50. The van der Waals surface area contributed by atoms with E-state index in [-0.39, 0.29) is 29.0 Å². The first-order valence-corrected chi connectivity index (χ1v) is 12.5. The van der Waals surface area contributed by atoms with Gasteiger partial charge in [-0.3, -0.25) is 19.7 Å². The molecule has 2 amide bonds. The Bertz CT molecular complexity index is 1490. The number of fused-ring (bicyclic) bond motifs is 1. The molecule has 0 aliphatic rings. The van der Waals surface area contributed by atoms with Crippen molar-refractivity contribution < 1.29 is 32.4 Å². The quantitative estimate of drug-likeness (QED) is 0.149. The summed E-state index contributed by atoms with van der Waals surface area (Å²) in [5.74, 6) is -1.01. The maximum absolute atomic E-state index is 12.4. The number of alkyl halides is 3. The molecule has 0 saturated heterocycles. The molecule has 0 saturated carbocycles. The minimum absolute atomic E-state index is 0.0612. The zero-order chi connectivity index (χ0) is 28.0. The van der Waals surface area contributed by atoms with E-state index in [1.165, 1.54) is 48.2 Å². The number of nitrogens with zero attached hydrogens (tertiary/aromatic N) is 2. The van der Waals surface area contributed by atoms with E-state index >= 15 is 0 Å². The topological polar surface area (TPSA) is 116 Å². The number of amides is 2. The number of nitro groups is 1. The number of rotatable bonds is 10. The summed E-state index contributed by atoms with van der Waals surface area (Å²) < 4.78 is 42.7. The Morgan fingerprint density at radius 1 is 1.00 bits per heavy atom. The number of halogens is 3. The molecule has 0 bridgehead atoms. The molecule has 2 N–H and O–H groups in total. The van der Waals surface area contributed by atoms with Gasteiger partial charge in [-0.15, -0.1) is 24.9 Å². The number of non-ortho nitro benzene ring substituents is 1. The van der Waals surface area contributed by atoms with Crippen LogP contribution in [0.15, 0.2) is 83.9 Å². The van der Waals surface area contributed by atoms with Crippen molar-refractivity contribution in [2.24, 2.45) is 0 Å². The molecule has 3 aromatic carbocycles. The molecule has 0 aliphatic heterocycles. The fraction of sp³-hybridized carbons (Fsp3) is 0.154. The van der Waals surface area contributed by atoms with Crippen molar-refractivity contribution >= 4 is 45.9 Å². The van der Waals surface area contributed by atoms with E-state index in [1.54, 1.807) is 0 Å². The summed E-state index contributed by atoms with van der Waals surface area (Å²) in [5.41, 5.74) is 1.45. The number of nitrogens with one attached hydrogen (secondary N) is 2. The fourth-order valence-electron chi connectivity index (χ4n) is 3.72. The highest BCUT2D eigenvalue weighted by molar-refractivity contribution is 8.00. The number of carbonyl (C=O) groups excluding carboxylic acids is 2. The van der Waals surface area contributed by atoms with Crippen LogP contribution in [0.5, 0.6) is 5.75 Å². The molecule has 0 unspecified atom stereocenters. The van der Waals surface area contributed by atoms with Gasteiger partial charge in [0.15, 0.2) is 0 Å². The highest BCUT2D eigenvalue weighted by Gasteiger charge is 2.31. The first-order valence-electron chi connectivity index (χ1n) is 11.5. The van der Waals surface area contributed by atoms with Gasteiger partial charge in [0, 0.05) is 58.5 Å². The van der Waals surface area contributed by atoms with Crippen LogP contribution in [0, 0.1) is 10.1 Å². The van der Waals surface area contributed by atoms with Gasteiger partial charge < -0.3 is 19.9 Å². The highest BCUT2D eigenvalue weighted by atomic mass is 32.2. The van der Waals surface area contributed by atoms with Gasteiger partial charge in [0.25, 0.3) is 11.6 Å². The van der Waals surface area contributed by atoms with E-state index in [0.717, 1.165) is 27.9 Å². The largest absolute Gasteiger partial charge is 0.573 e. The van der Waals surface area contributed by atoms with Crippen molar-refractivity contribution in [3.63, 3.8) is 0 Å². The predicted octanol–water partition coefficient (Wildman–Crippen LogP) is 5.61. The Morgan fingerprint density at radius 2 is 1.69 bits per heavy atom. The van der Waals surface area contributed by atoms with Gasteiger partial charge in [0.1, 0.15) is 5.75 Å². The van der Waals surface area contributed by atoms with Crippen molar-refractivity contribution in [2.75, 3.05) is 17.6 Å². The van der Waals surface area contributed by atoms with E-state index in [2.05, 4.69) is 15.4 Å². The van der Waals surface area contributed by atoms with Gasteiger partial charge in [-0.05, 0) is 42.5 Å². The molecule has 0 fully saturated rings. The molecule has 13 heteroatoms. The monoisotopic (exact) mass is 558 g/mol. The Balaban J connectivity index is 1.33. The molecule has 0 radical (unpaired) electrons. The SMILES string of the molecule is O=C(CSc1cn(CCNC(=O)c2ccc([N+](=O)[O-])cc2)c2ccccc12)Nc1ccc(OC(F)(F)F)cc1. The second kappa shape index (κ2) is 11.9. The minimum atomic E-state index is -4.79. The van der Waals surface area contributed by atoms with Gasteiger partial charge in [-0.2, -0.15) is 0 Å². The summed E-state index contributed by atoms with van der Waals surface area (Å²) in [6.45, 7) is 0.742. The molecule has 0 atom stereocenters. The summed E-state index contributed by atoms with van der Waals surface area (Å²) in [4.78, 5) is 35.9. The molecule has 202 valence electrons. The maximum Gasteiger partial charge on any atom is 0.573 e. The lowest BCUT2D eigenvalue weighted by atomic mass is 10.2. The van der Waals surface area contributed by atoms with E-state index < -0.39 is 11.3 Å². The Hall–Kier alpha value is -4.52. The summed E-state index contributed by atoms with van der Waals surface area (Å²) in [5, 5.41) is 17.1. The van der Waals surface area contributed by atoms with Crippen molar-refractivity contribution in [1.82, 2.24) is 9.88 Å². The van der Waals surface area contributed by atoms with Crippen molar-refractivity contribution in [3.8, 4) is 5.75 Å². The molecule has 0 spiro atoms. The summed E-state index contributed by atoms with van der Waals surface area (Å²) in [6, 6.07) is 17.8. The number of carbonyl (C=O) groups is 2. The Kier molecular flexibility index (Phi) is 8.39. The van der Waals surface area contributed by atoms with Crippen LogP contribution in [0.25, 0.3) is 10.9 Å². The molecule has 39 heavy (non-hydrogen) atoms. The highest BCUT2D eigenvalue weighted by Crippen LogP contribution is 2.30. The number of ether oxygens (including phenoxy) is 1. The van der Waals surface area contributed by atoms with Gasteiger partial charge in [-0.25, -0.2) is 0 Å².